The van der Waals surface area contributed by atoms with Gasteiger partial charge in [0.1, 0.15) is 0 Å². The van der Waals surface area contributed by atoms with Crippen LogP contribution in [0.15, 0.2) is 66.9 Å². The van der Waals surface area contributed by atoms with Crippen LogP contribution in [0.25, 0.3) is 0 Å². The minimum absolute atomic E-state index is 0.240. The van der Waals surface area contributed by atoms with E-state index in [0.29, 0.717) is 17.1 Å². The number of benzene rings is 2. The fraction of sp³-hybridized carbons (Fsp3) is 0.273. The van der Waals surface area contributed by atoms with Crippen LogP contribution in [0.5, 0.6) is 0 Å². The second-order valence-corrected chi connectivity index (χ2v) is 7.54. The van der Waals surface area contributed by atoms with Crippen LogP contribution in [0.1, 0.15) is 34.8 Å². The first-order chi connectivity index (χ1) is 13.4. The van der Waals surface area contributed by atoms with Gasteiger partial charge in [-0.2, -0.15) is 13.2 Å². The van der Waals surface area contributed by atoms with E-state index < -0.39 is 11.7 Å². The lowest BCUT2D eigenvalue weighted by molar-refractivity contribution is -0.137. The van der Waals surface area contributed by atoms with Crippen molar-refractivity contribution in [3.05, 3.63) is 94.3 Å². The molecule has 0 fully saturated rings. The molecule has 0 spiro atoms. The molecule has 4 rings (SSSR count). The van der Waals surface area contributed by atoms with E-state index in [0.717, 1.165) is 36.8 Å². The minimum Gasteiger partial charge on any atom is -0.350 e. The molecule has 0 bridgehead atoms. The molecule has 1 aromatic heterocycles. The third-order valence-electron chi connectivity index (χ3n) is 5.18. The van der Waals surface area contributed by atoms with E-state index in [1.165, 1.54) is 12.1 Å². The molecule has 0 amide bonds. The molecule has 0 unspecified atom stereocenters. The van der Waals surface area contributed by atoms with E-state index in [2.05, 4.69) is 9.47 Å². The van der Waals surface area contributed by atoms with Gasteiger partial charge in [0.2, 0.25) is 0 Å². The normalized spacial score (nSPS) is 17.9. The van der Waals surface area contributed by atoms with Gasteiger partial charge < -0.3 is 4.57 Å². The highest BCUT2D eigenvalue weighted by Crippen LogP contribution is 2.36. The molecular weight excluding hydrogens is 385 g/mol. The van der Waals surface area contributed by atoms with E-state index in [4.69, 9.17) is 11.6 Å². The average molecular weight is 405 g/mol. The lowest BCUT2D eigenvalue weighted by atomic mass is 9.98. The average Bonchev–Trinajstić information content (AvgIpc) is 3.04. The quantitative estimate of drug-likeness (QED) is 0.508. The van der Waals surface area contributed by atoms with E-state index in [9.17, 15) is 13.2 Å². The Labute approximate surface area is 167 Å². The van der Waals surface area contributed by atoms with Crippen LogP contribution < -0.4 is 0 Å². The third-order valence-corrected chi connectivity index (χ3v) is 5.43. The SMILES string of the molecule is FC(F)(F)c1cccc([C@H]2c3cccn3CCCN2Cc2ccc(Cl)cc2)c1. The Kier molecular flexibility index (Phi) is 5.21. The second kappa shape index (κ2) is 7.64. The number of aromatic nitrogens is 1. The number of hydrogen-bond donors (Lipinski definition) is 0. The highest BCUT2D eigenvalue weighted by Gasteiger charge is 2.33. The number of aryl methyl sites for hydroxylation is 1. The summed E-state index contributed by atoms with van der Waals surface area (Å²) in [6, 6.07) is 17.0. The number of hydrogen-bond acceptors (Lipinski definition) is 1. The highest BCUT2D eigenvalue weighted by atomic mass is 35.5. The van der Waals surface area contributed by atoms with Crippen LogP contribution >= 0.6 is 11.6 Å². The third kappa shape index (κ3) is 3.96. The monoisotopic (exact) mass is 404 g/mol. The molecule has 0 saturated heterocycles. The molecule has 1 atom stereocenters. The topological polar surface area (TPSA) is 8.17 Å². The molecule has 1 aliphatic heterocycles. The Bertz CT molecular complexity index is 947. The van der Waals surface area contributed by atoms with Crippen molar-refractivity contribution in [2.24, 2.45) is 0 Å². The first-order valence-corrected chi connectivity index (χ1v) is 9.60. The van der Waals surface area contributed by atoms with Crippen molar-refractivity contribution >= 4 is 11.6 Å². The summed E-state index contributed by atoms with van der Waals surface area (Å²) in [5.74, 6) is 0. The number of halogens is 4. The van der Waals surface area contributed by atoms with Crippen LogP contribution in [0, 0.1) is 0 Å². The van der Waals surface area contributed by atoms with Gasteiger partial charge in [0.25, 0.3) is 0 Å². The van der Waals surface area contributed by atoms with Crippen molar-refractivity contribution in [3.63, 3.8) is 0 Å². The van der Waals surface area contributed by atoms with Crippen LogP contribution in [-0.4, -0.2) is 16.0 Å². The fourth-order valence-electron chi connectivity index (χ4n) is 3.90. The van der Waals surface area contributed by atoms with Crippen molar-refractivity contribution in [2.75, 3.05) is 6.54 Å². The summed E-state index contributed by atoms with van der Waals surface area (Å²) in [5.41, 5.74) is 2.15. The molecule has 1 aliphatic rings. The largest absolute Gasteiger partial charge is 0.416 e. The van der Waals surface area contributed by atoms with Crippen molar-refractivity contribution in [2.45, 2.75) is 31.7 Å². The summed E-state index contributed by atoms with van der Waals surface area (Å²) in [6.45, 7) is 2.30. The van der Waals surface area contributed by atoms with E-state index in [-0.39, 0.29) is 6.04 Å². The van der Waals surface area contributed by atoms with Crippen molar-refractivity contribution < 1.29 is 13.2 Å². The number of fused-ring (bicyclic) bond motifs is 1. The molecule has 6 heteroatoms. The first kappa shape index (κ1) is 19.1. The number of alkyl halides is 3. The van der Waals surface area contributed by atoms with Crippen LogP contribution in [0.2, 0.25) is 5.02 Å². The van der Waals surface area contributed by atoms with Gasteiger partial charge in [0.15, 0.2) is 0 Å². The van der Waals surface area contributed by atoms with Gasteiger partial charge in [-0.1, -0.05) is 35.9 Å². The van der Waals surface area contributed by atoms with E-state index in [1.807, 2.05) is 42.6 Å². The summed E-state index contributed by atoms with van der Waals surface area (Å²) in [6.07, 6.45) is -1.42. The molecule has 2 nitrogen and oxygen atoms in total. The molecule has 3 aromatic rings. The van der Waals surface area contributed by atoms with E-state index >= 15 is 0 Å². The second-order valence-electron chi connectivity index (χ2n) is 7.10. The van der Waals surface area contributed by atoms with Gasteiger partial charge >= 0.3 is 6.18 Å². The summed E-state index contributed by atoms with van der Waals surface area (Å²) < 4.78 is 42.1. The fourth-order valence-corrected chi connectivity index (χ4v) is 4.03. The molecule has 2 aromatic carbocycles. The van der Waals surface area contributed by atoms with Gasteiger partial charge in [0.05, 0.1) is 11.6 Å². The van der Waals surface area contributed by atoms with Gasteiger partial charge in [0, 0.05) is 36.5 Å². The maximum Gasteiger partial charge on any atom is 0.416 e. The molecule has 2 heterocycles. The molecule has 0 aliphatic carbocycles. The Morgan fingerprint density at radius 1 is 0.964 bits per heavy atom. The van der Waals surface area contributed by atoms with E-state index in [1.54, 1.807) is 6.07 Å². The molecule has 0 saturated carbocycles. The summed E-state index contributed by atoms with van der Waals surface area (Å²) in [5, 5.41) is 0.669. The summed E-state index contributed by atoms with van der Waals surface area (Å²) in [7, 11) is 0. The van der Waals surface area contributed by atoms with Crippen molar-refractivity contribution in [1.82, 2.24) is 9.47 Å². The van der Waals surface area contributed by atoms with Crippen LogP contribution in [0.4, 0.5) is 13.2 Å². The first-order valence-electron chi connectivity index (χ1n) is 9.22. The van der Waals surface area contributed by atoms with Crippen LogP contribution in [0.3, 0.4) is 0 Å². The Morgan fingerprint density at radius 2 is 1.75 bits per heavy atom. The van der Waals surface area contributed by atoms with Gasteiger partial charge in [-0.3, -0.25) is 4.90 Å². The molecule has 28 heavy (non-hydrogen) atoms. The maximum absolute atomic E-state index is 13.3. The van der Waals surface area contributed by atoms with Gasteiger partial charge in [-0.15, -0.1) is 0 Å². The minimum atomic E-state index is -4.36. The molecule has 0 N–H and O–H groups in total. The smallest absolute Gasteiger partial charge is 0.350 e. The maximum atomic E-state index is 13.3. The summed E-state index contributed by atoms with van der Waals surface area (Å²) >= 11 is 5.99. The zero-order chi connectivity index (χ0) is 19.7. The Morgan fingerprint density at radius 3 is 2.50 bits per heavy atom. The molecular formula is C22H20ClF3N2. The standard InChI is InChI=1S/C22H20ClF3N2/c23-19-9-7-16(8-10-19)15-28-13-3-12-27-11-2-6-20(27)21(28)17-4-1-5-18(14-17)22(24,25)26/h1-2,4-11,14,21H,3,12-13,15H2/t21-/m0/s1. The van der Waals surface area contributed by atoms with Gasteiger partial charge in [-0.05, 0) is 53.9 Å². The molecule has 0 radical (unpaired) electrons. The zero-order valence-corrected chi connectivity index (χ0v) is 15.9. The Hall–Kier alpha value is -2.24. The zero-order valence-electron chi connectivity index (χ0n) is 15.2. The predicted molar refractivity (Wildman–Crippen MR) is 104 cm³/mol. The molecule has 146 valence electrons. The van der Waals surface area contributed by atoms with Crippen molar-refractivity contribution in [1.29, 1.82) is 0 Å². The Balaban J connectivity index is 1.75. The number of nitrogens with zero attached hydrogens (tertiary/aromatic N) is 2. The van der Waals surface area contributed by atoms with Crippen LogP contribution in [-0.2, 0) is 19.3 Å². The van der Waals surface area contributed by atoms with Gasteiger partial charge in [-0.25, -0.2) is 0 Å². The highest BCUT2D eigenvalue weighted by molar-refractivity contribution is 6.30. The lowest BCUT2D eigenvalue weighted by Crippen LogP contribution is -2.29. The number of rotatable bonds is 3. The lowest BCUT2D eigenvalue weighted by Gasteiger charge is -2.31. The predicted octanol–water partition coefficient (Wildman–Crippen LogP) is 6.16. The van der Waals surface area contributed by atoms with Crippen molar-refractivity contribution in [3.8, 4) is 0 Å². The summed E-state index contributed by atoms with van der Waals surface area (Å²) in [4.78, 5) is 2.25.